The maximum absolute atomic E-state index is 6.67. The first-order valence-electron chi connectivity index (χ1n) is 8.36. The van der Waals surface area contributed by atoms with E-state index in [9.17, 15) is 0 Å². The van der Waals surface area contributed by atoms with Crippen LogP contribution in [0.15, 0.2) is 24.3 Å². The second-order valence-electron chi connectivity index (χ2n) is 6.34. The van der Waals surface area contributed by atoms with Gasteiger partial charge in [-0.1, -0.05) is 31.2 Å². The molecule has 1 aliphatic heterocycles. The Morgan fingerprint density at radius 1 is 1.24 bits per heavy atom. The SMILES string of the molecule is CCC1SCCSC1C(N)CC1CCCc2ccccc21. The molecule has 4 unspecified atom stereocenters. The Labute approximate surface area is 137 Å². The van der Waals surface area contributed by atoms with Gasteiger partial charge in [0.05, 0.1) is 0 Å². The lowest BCUT2D eigenvalue weighted by atomic mass is 9.79. The molecule has 0 amide bonds. The second kappa shape index (κ2) is 7.43. The van der Waals surface area contributed by atoms with Gasteiger partial charge < -0.3 is 5.73 Å². The van der Waals surface area contributed by atoms with Crippen molar-refractivity contribution in [2.45, 2.75) is 61.5 Å². The molecule has 116 valence electrons. The Kier molecular flexibility index (Phi) is 5.58. The first-order valence-corrected chi connectivity index (χ1v) is 10.5. The zero-order valence-corrected chi connectivity index (χ0v) is 14.6. The van der Waals surface area contributed by atoms with Gasteiger partial charge in [-0.25, -0.2) is 0 Å². The molecular weight excluding hydrogens is 294 g/mol. The van der Waals surface area contributed by atoms with Crippen LogP contribution in [0.3, 0.4) is 0 Å². The van der Waals surface area contributed by atoms with Crippen LogP contribution in [0, 0.1) is 0 Å². The monoisotopic (exact) mass is 321 g/mol. The quantitative estimate of drug-likeness (QED) is 0.887. The topological polar surface area (TPSA) is 26.0 Å². The van der Waals surface area contributed by atoms with Crippen LogP contribution in [0.4, 0.5) is 0 Å². The van der Waals surface area contributed by atoms with Crippen LogP contribution in [0.1, 0.15) is 49.7 Å². The lowest BCUT2D eigenvalue weighted by molar-refractivity contribution is 0.453. The Hall–Kier alpha value is -0.120. The van der Waals surface area contributed by atoms with Crippen molar-refractivity contribution >= 4 is 23.5 Å². The lowest BCUT2D eigenvalue weighted by Gasteiger charge is -2.36. The van der Waals surface area contributed by atoms with Gasteiger partial charge in [0.1, 0.15) is 0 Å². The summed E-state index contributed by atoms with van der Waals surface area (Å²) in [5, 5.41) is 1.42. The molecule has 1 heterocycles. The van der Waals surface area contributed by atoms with Gasteiger partial charge in [-0.15, -0.1) is 0 Å². The first kappa shape index (κ1) is 15.8. The maximum Gasteiger partial charge on any atom is 0.0318 e. The zero-order valence-electron chi connectivity index (χ0n) is 13.0. The summed E-state index contributed by atoms with van der Waals surface area (Å²) < 4.78 is 0. The summed E-state index contributed by atoms with van der Waals surface area (Å²) in [6, 6.07) is 9.38. The summed E-state index contributed by atoms with van der Waals surface area (Å²) in [6.07, 6.45) is 6.35. The number of rotatable bonds is 4. The van der Waals surface area contributed by atoms with Gasteiger partial charge in [-0.05, 0) is 49.1 Å². The molecule has 1 saturated heterocycles. The Bertz CT molecular complexity index is 462. The third-order valence-corrected chi connectivity index (χ3v) is 8.39. The molecule has 0 radical (unpaired) electrons. The number of benzene rings is 1. The fourth-order valence-electron chi connectivity index (χ4n) is 3.90. The number of nitrogens with two attached hydrogens (primary N) is 1. The van der Waals surface area contributed by atoms with Crippen molar-refractivity contribution in [3.05, 3.63) is 35.4 Å². The van der Waals surface area contributed by atoms with Crippen molar-refractivity contribution in [2.75, 3.05) is 11.5 Å². The molecule has 1 aliphatic carbocycles. The van der Waals surface area contributed by atoms with Gasteiger partial charge in [0.2, 0.25) is 0 Å². The van der Waals surface area contributed by atoms with Crippen molar-refractivity contribution in [1.82, 2.24) is 0 Å². The largest absolute Gasteiger partial charge is 0.327 e. The predicted octanol–water partition coefficient (Wildman–Crippen LogP) is 4.45. The zero-order chi connectivity index (χ0) is 14.7. The van der Waals surface area contributed by atoms with E-state index in [1.807, 2.05) is 0 Å². The molecular formula is C18H27NS2. The van der Waals surface area contributed by atoms with Crippen molar-refractivity contribution in [3.63, 3.8) is 0 Å². The van der Waals surface area contributed by atoms with Crippen LogP contribution < -0.4 is 5.73 Å². The molecule has 4 atom stereocenters. The van der Waals surface area contributed by atoms with Crippen LogP contribution in [0.2, 0.25) is 0 Å². The van der Waals surface area contributed by atoms with Crippen molar-refractivity contribution in [3.8, 4) is 0 Å². The van der Waals surface area contributed by atoms with Gasteiger partial charge in [-0.2, -0.15) is 23.5 Å². The van der Waals surface area contributed by atoms with E-state index in [-0.39, 0.29) is 0 Å². The average Bonchev–Trinajstić information content (AvgIpc) is 2.55. The van der Waals surface area contributed by atoms with Gasteiger partial charge >= 0.3 is 0 Å². The minimum atomic E-state index is 0.351. The summed E-state index contributed by atoms with van der Waals surface area (Å²) in [6.45, 7) is 2.32. The molecule has 2 N–H and O–H groups in total. The van der Waals surface area contributed by atoms with E-state index in [1.165, 1.54) is 43.6 Å². The molecule has 0 bridgehead atoms. The highest BCUT2D eigenvalue weighted by Gasteiger charge is 2.32. The Balaban J connectivity index is 1.69. The number of aryl methyl sites for hydroxylation is 1. The summed E-state index contributed by atoms with van der Waals surface area (Å²) in [4.78, 5) is 0. The molecule has 1 nitrogen and oxygen atoms in total. The molecule has 1 aromatic carbocycles. The summed E-state index contributed by atoms with van der Waals surface area (Å²) in [5.41, 5.74) is 9.82. The van der Waals surface area contributed by atoms with E-state index < -0.39 is 0 Å². The fraction of sp³-hybridized carbons (Fsp3) is 0.667. The third-order valence-electron chi connectivity index (χ3n) is 4.97. The van der Waals surface area contributed by atoms with Gasteiger partial charge in [0, 0.05) is 28.0 Å². The number of thioether (sulfide) groups is 2. The first-order chi connectivity index (χ1) is 10.3. The van der Waals surface area contributed by atoms with Crippen LogP contribution in [0.25, 0.3) is 0 Å². The molecule has 3 rings (SSSR count). The predicted molar refractivity (Wildman–Crippen MR) is 97.5 cm³/mol. The number of hydrogen-bond acceptors (Lipinski definition) is 3. The van der Waals surface area contributed by atoms with Crippen LogP contribution >= 0.6 is 23.5 Å². The Morgan fingerprint density at radius 2 is 2.05 bits per heavy atom. The molecule has 1 fully saturated rings. The smallest absolute Gasteiger partial charge is 0.0318 e. The van der Waals surface area contributed by atoms with Crippen LogP contribution in [0.5, 0.6) is 0 Å². The highest BCUT2D eigenvalue weighted by molar-refractivity contribution is 8.07. The lowest BCUT2D eigenvalue weighted by Crippen LogP contribution is -2.42. The van der Waals surface area contributed by atoms with E-state index in [2.05, 4.69) is 54.7 Å². The van der Waals surface area contributed by atoms with E-state index in [0.717, 1.165) is 5.25 Å². The molecule has 2 aliphatic rings. The van der Waals surface area contributed by atoms with Crippen molar-refractivity contribution in [1.29, 1.82) is 0 Å². The summed E-state index contributed by atoms with van der Waals surface area (Å²) in [5.74, 6) is 3.27. The minimum absolute atomic E-state index is 0.351. The van der Waals surface area contributed by atoms with Gasteiger partial charge in [-0.3, -0.25) is 0 Å². The van der Waals surface area contributed by atoms with Crippen molar-refractivity contribution < 1.29 is 0 Å². The van der Waals surface area contributed by atoms with E-state index in [1.54, 1.807) is 11.1 Å². The van der Waals surface area contributed by atoms with Gasteiger partial charge in [0.25, 0.3) is 0 Å². The number of hydrogen-bond donors (Lipinski definition) is 1. The summed E-state index contributed by atoms with van der Waals surface area (Å²) >= 11 is 4.27. The average molecular weight is 322 g/mol. The van der Waals surface area contributed by atoms with E-state index >= 15 is 0 Å². The molecule has 0 aromatic heterocycles. The van der Waals surface area contributed by atoms with E-state index in [4.69, 9.17) is 5.73 Å². The van der Waals surface area contributed by atoms with Crippen molar-refractivity contribution in [2.24, 2.45) is 5.73 Å². The molecule has 21 heavy (non-hydrogen) atoms. The highest BCUT2D eigenvalue weighted by Crippen LogP contribution is 2.39. The molecule has 3 heteroatoms. The molecule has 1 aromatic rings. The third kappa shape index (κ3) is 3.62. The maximum atomic E-state index is 6.67. The number of fused-ring (bicyclic) bond motifs is 1. The highest BCUT2D eigenvalue weighted by atomic mass is 32.2. The summed E-state index contributed by atoms with van der Waals surface area (Å²) in [7, 11) is 0. The fourth-order valence-corrected chi connectivity index (χ4v) is 7.11. The van der Waals surface area contributed by atoms with Crippen LogP contribution in [-0.2, 0) is 6.42 Å². The molecule has 0 saturated carbocycles. The minimum Gasteiger partial charge on any atom is -0.327 e. The standard InChI is InChI=1S/C18H27NS2/c1-2-17-18(21-11-10-20-17)16(19)12-14-8-5-7-13-6-3-4-9-15(13)14/h3-4,6,9,14,16-18H,2,5,7-8,10-12,19H2,1H3. The normalized spacial score (nSPS) is 30.7. The van der Waals surface area contributed by atoms with E-state index in [0.29, 0.717) is 17.2 Å². The Morgan fingerprint density at radius 3 is 2.90 bits per heavy atom. The van der Waals surface area contributed by atoms with Crippen LogP contribution in [-0.4, -0.2) is 28.0 Å². The molecule has 0 spiro atoms. The second-order valence-corrected chi connectivity index (χ2v) is 8.97. The van der Waals surface area contributed by atoms with Gasteiger partial charge in [0.15, 0.2) is 0 Å².